The third-order valence-corrected chi connectivity index (χ3v) is 4.74. The lowest BCUT2D eigenvalue weighted by Gasteiger charge is -2.21. The van der Waals surface area contributed by atoms with Crippen molar-refractivity contribution >= 4 is 33.4 Å². The fourth-order valence-corrected chi connectivity index (χ4v) is 3.41. The molecule has 2 nitrogen and oxygen atoms in total. The van der Waals surface area contributed by atoms with Crippen molar-refractivity contribution in [1.29, 1.82) is 0 Å². The van der Waals surface area contributed by atoms with Gasteiger partial charge in [0.2, 0.25) is 0 Å². The first-order chi connectivity index (χ1) is 10.2. The number of benzene rings is 2. The Morgan fingerprint density at radius 1 is 1.19 bits per heavy atom. The largest absolute Gasteiger partial charge is 0.508 e. The van der Waals surface area contributed by atoms with E-state index in [0.29, 0.717) is 5.75 Å². The Kier molecular flexibility index (Phi) is 6.00. The first kappa shape index (κ1) is 16.2. The van der Waals surface area contributed by atoms with E-state index in [0.717, 1.165) is 27.9 Å². The average Bonchev–Trinajstić information content (AvgIpc) is 2.49. The van der Waals surface area contributed by atoms with Crippen LogP contribution < -0.4 is 5.32 Å². The van der Waals surface area contributed by atoms with Gasteiger partial charge in [0.15, 0.2) is 0 Å². The molecule has 0 fully saturated rings. The molecular weight excluding hydrogens is 346 g/mol. The maximum atomic E-state index is 10.1. The number of phenolic OH excluding ortho intramolecular Hbond substituents is 1. The molecule has 112 valence electrons. The van der Waals surface area contributed by atoms with Crippen molar-refractivity contribution in [3.8, 4) is 5.75 Å². The van der Waals surface area contributed by atoms with E-state index < -0.39 is 0 Å². The highest BCUT2D eigenvalue weighted by Crippen LogP contribution is 2.34. The number of aromatic hydroxyl groups is 1. The Labute approximate surface area is 139 Å². The number of para-hydroxylation sites is 1. The predicted molar refractivity (Wildman–Crippen MR) is 95.3 cm³/mol. The van der Waals surface area contributed by atoms with Gasteiger partial charge in [-0.1, -0.05) is 41.9 Å². The molecule has 0 bridgehead atoms. The van der Waals surface area contributed by atoms with E-state index in [1.165, 1.54) is 4.90 Å². The molecule has 21 heavy (non-hydrogen) atoms. The molecule has 0 aliphatic heterocycles. The van der Waals surface area contributed by atoms with E-state index in [1.807, 2.05) is 30.0 Å². The van der Waals surface area contributed by atoms with Crippen LogP contribution in [0.4, 0.5) is 5.69 Å². The van der Waals surface area contributed by atoms with Gasteiger partial charge in [0.05, 0.1) is 6.04 Å². The molecule has 0 aliphatic rings. The van der Waals surface area contributed by atoms with E-state index >= 15 is 0 Å². The number of hydrogen-bond acceptors (Lipinski definition) is 3. The average molecular weight is 366 g/mol. The van der Waals surface area contributed by atoms with Crippen molar-refractivity contribution in [2.75, 3.05) is 11.1 Å². The summed E-state index contributed by atoms with van der Waals surface area (Å²) in [7, 11) is 0. The summed E-state index contributed by atoms with van der Waals surface area (Å²) in [6, 6.07) is 14.0. The van der Waals surface area contributed by atoms with E-state index in [-0.39, 0.29) is 6.04 Å². The normalized spacial score (nSPS) is 12.1. The zero-order valence-electron chi connectivity index (χ0n) is 12.3. The lowest BCUT2D eigenvalue weighted by molar-refractivity contribution is 0.462. The van der Waals surface area contributed by atoms with E-state index in [9.17, 15) is 5.11 Å². The van der Waals surface area contributed by atoms with Crippen LogP contribution in [0.3, 0.4) is 0 Å². The third-order valence-electron chi connectivity index (χ3n) is 3.29. The second kappa shape index (κ2) is 7.76. The summed E-state index contributed by atoms with van der Waals surface area (Å²) in [5, 5.41) is 13.7. The van der Waals surface area contributed by atoms with Crippen LogP contribution in [-0.4, -0.2) is 10.9 Å². The van der Waals surface area contributed by atoms with Crippen molar-refractivity contribution in [2.24, 2.45) is 0 Å². The van der Waals surface area contributed by atoms with Crippen molar-refractivity contribution in [3.05, 3.63) is 52.5 Å². The fourth-order valence-electron chi connectivity index (χ4n) is 2.26. The number of nitrogens with one attached hydrogen (secondary N) is 1. The lowest BCUT2D eigenvalue weighted by atomic mass is 10.0. The summed E-state index contributed by atoms with van der Waals surface area (Å²) in [5.74, 6) is 1.37. The van der Waals surface area contributed by atoms with Gasteiger partial charge in [-0.15, -0.1) is 11.8 Å². The Bertz CT molecular complexity index is 603. The molecule has 2 N–H and O–H groups in total. The smallest absolute Gasteiger partial charge is 0.120 e. The molecule has 0 radical (unpaired) electrons. The predicted octanol–water partition coefficient (Wildman–Crippen LogP) is 5.83. The first-order valence-corrected chi connectivity index (χ1v) is 8.90. The van der Waals surface area contributed by atoms with Crippen LogP contribution in [-0.2, 0) is 0 Å². The van der Waals surface area contributed by atoms with Crippen LogP contribution in [0, 0.1) is 0 Å². The Balaban J connectivity index is 2.29. The van der Waals surface area contributed by atoms with Gasteiger partial charge in [-0.25, -0.2) is 0 Å². The van der Waals surface area contributed by atoms with Gasteiger partial charge in [0.1, 0.15) is 5.75 Å². The number of anilines is 1. The van der Waals surface area contributed by atoms with Gasteiger partial charge >= 0.3 is 0 Å². The highest BCUT2D eigenvalue weighted by atomic mass is 79.9. The zero-order chi connectivity index (χ0) is 15.2. The maximum Gasteiger partial charge on any atom is 0.120 e. The number of thioether (sulfide) groups is 1. The summed E-state index contributed by atoms with van der Waals surface area (Å²) in [6.07, 6.45) is 0.898. The minimum Gasteiger partial charge on any atom is -0.508 e. The molecule has 0 spiro atoms. The fraction of sp³-hybridized carbons (Fsp3) is 0.294. The van der Waals surface area contributed by atoms with Gasteiger partial charge in [-0.3, -0.25) is 0 Å². The van der Waals surface area contributed by atoms with Crippen LogP contribution in [0.2, 0.25) is 0 Å². The summed E-state index contributed by atoms with van der Waals surface area (Å²) < 4.78 is 0.978. The van der Waals surface area contributed by atoms with E-state index in [1.54, 1.807) is 6.07 Å². The van der Waals surface area contributed by atoms with Crippen molar-refractivity contribution in [1.82, 2.24) is 0 Å². The second-order valence-corrected chi connectivity index (χ2v) is 6.96. The summed E-state index contributed by atoms with van der Waals surface area (Å²) in [6.45, 7) is 4.27. The molecule has 2 aromatic carbocycles. The van der Waals surface area contributed by atoms with Crippen LogP contribution in [0.25, 0.3) is 0 Å². The van der Waals surface area contributed by atoms with Crippen molar-refractivity contribution in [3.63, 3.8) is 0 Å². The third kappa shape index (κ3) is 4.17. The van der Waals surface area contributed by atoms with Crippen LogP contribution in [0.15, 0.2) is 51.8 Å². The molecule has 0 saturated carbocycles. The number of halogens is 1. The summed E-state index contributed by atoms with van der Waals surface area (Å²) in [4.78, 5) is 1.24. The van der Waals surface area contributed by atoms with Crippen LogP contribution in [0.1, 0.15) is 31.9 Å². The topological polar surface area (TPSA) is 32.3 Å². The molecule has 1 unspecified atom stereocenters. The molecule has 0 aromatic heterocycles. The monoisotopic (exact) mass is 365 g/mol. The van der Waals surface area contributed by atoms with E-state index in [4.69, 9.17) is 0 Å². The minimum absolute atomic E-state index is 0.0844. The number of phenols is 1. The summed E-state index contributed by atoms with van der Waals surface area (Å²) >= 11 is 5.30. The molecule has 1 atom stereocenters. The van der Waals surface area contributed by atoms with Crippen molar-refractivity contribution < 1.29 is 5.11 Å². The quantitative estimate of drug-likeness (QED) is 0.631. The number of hydrogen-bond donors (Lipinski definition) is 2. The maximum absolute atomic E-state index is 10.1. The molecule has 0 aliphatic carbocycles. The lowest BCUT2D eigenvalue weighted by Crippen LogP contribution is -2.10. The van der Waals surface area contributed by atoms with Gasteiger partial charge in [0.25, 0.3) is 0 Å². The van der Waals surface area contributed by atoms with Gasteiger partial charge in [0, 0.05) is 20.6 Å². The van der Waals surface area contributed by atoms with Gasteiger partial charge in [-0.05, 0) is 42.5 Å². The second-order valence-electron chi connectivity index (χ2n) is 4.74. The summed E-state index contributed by atoms with van der Waals surface area (Å²) in [5.41, 5.74) is 2.04. The molecule has 0 saturated heterocycles. The molecule has 2 aromatic rings. The molecule has 0 heterocycles. The number of rotatable bonds is 6. The minimum atomic E-state index is 0.0844. The molecular formula is C17H20BrNOS. The standard InChI is InChI=1S/C17H20BrNOS/c1-3-14(13-11-12(18)9-10-16(13)20)19-15-7-5-6-8-17(15)21-4-2/h5-11,14,19-20H,3-4H2,1-2H3. The Morgan fingerprint density at radius 2 is 1.95 bits per heavy atom. The van der Waals surface area contributed by atoms with Crippen LogP contribution in [0.5, 0.6) is 5.75 Å². The van der Waals surface area contributed by atoms with Gasteiger partial charge < -0.3 is 10.4 Å². The van der Waals surface area contributed by atoms with Crippen LogP contribution >= 0.6 is 27.7 Å². The first-order valence-electron chi connectivity index (χ1n) is 7.12. The zero-order valence-corrected chi connectivity index (χ0v) is 14.7. The van der Waals surface area contributed by atoms with E-state index in [2.05, 4.69) is 53.3 Å². The Morgan fingerprint density at radius 3 is 2.67 bits per heavy atom. The molecule has 4 heteroatoms. The molecule has 0 amide bonds. The Hall–Kier alpha value is -1.13. The highest BCUT2D eigenvalue weighted by molar-refractivity contribution is 9.10. The SMILES string of the molecule is CCSc1ccccc1NC(CC)c1cc(Br)ccc1O. The van der Waals surface area contributed by atoms with Gasteiger partial charge in [-0.2, -0.15) is 0 Å². The molecule has 2 rings (SSSR count). The van der Waals surface area contributed by atoms with Crippen molar-refractivity contribution in [2.45, 2.75) is 31.2 Å². The highest BCUT2D eigenvalue weighted by Gasteiger charge is 2.15.